The van der Waals surface area contributed by atoms with Gasteiger partial charge in [0.15, 0.2) is 0 Å². The molecule has 3 N–H and O–H groups in total. The number of aliphatic hydroxyl groups is 1. The van der Waals surface area contributed by atoms with E-state index in [1.165, 1.54) is 6.08 Å². The molecule has 0 spiro atoms. The van der Waals surface area contributed by atoms with Crippen molar-refractivity contribution in [2.45, 2.75) is 44.9 Å². The lowest BCUT2D eigenvalue weighted by atomic mass is 10.1. The van der Waals surface area contributed by atoms with Gasteiger partial charge in [-0.2, -0.15) is 0 Å². The van der Waals surface area contributed by atoms with Crippen molar-refractivity contribution >= 4 is 12.1 Å². The normalized spacial score (nSPS) is 24.1. The number of carboxylic acids is 1. The number of hydrogen-bond acceptors (Lipinski definition) is 4. The highest BCUT2D eigenvalue weighted by atomic mass is 16.6. The molecule has 0 fully saturated rings. The van der Waals surface area contributed by atoms with Crippen molar-refractivity contribution in [1.82, 2.24) is 5.32 Å². The summed E-state index contributed by atoms with van der Waals surface area (Å²) in [6, 6.07) is -0.643. The lowest BCUT2D eigenvalue weighted by Gasteiger charge is -2.22. The number of hydrogen-bond donors (Lipinski definition) is 3. The van der Waals surface area contributed by atoms with Gasteiger partial charge in [0.2, 0.25) is 0 Å². The lowest BCUT2D eigenvalue weighted by Crippen LogP contribution is -2.43. The van der Waals surface area contributed by atoms with Gasteiger partial charge in [-0.3, -0.25) is 0 Å². The summed E-state index contributed by atoms with van der Waals surface area (Å²) in [7, 11) is 0. The molecule has 0 aromatic heterocycles. The van der Waals surface area contributed by atoms with Crippen LogP contribution in [0.3, 0.4) is 0 Å². The number of rotatable bonds is 2. The standard InChI is InChI=1S/C11H17NO5/c1-11(2,3)17-10(16)12-7-4-6(9(14)15)5-8(7)13/h5,7-8,13H,4H2,1-3H3,(H,12,16)(H,14,15)/t7-,8-/m0/s1. The summed E-state index contributed by atoms with van der Waals surface area (Å²) in [5.74, 6) is -1.09. The first-order valence-corrected chi connectivity index (χ1v) is 5.30. The zero-order chi connectivity index (χ0) is 13.2. The van der Waals surface area contributed by atoms with E-state index >= 15 is 0 Å². The molecular formula is C11H17NO5. The Morgan fingerprint density at radius 2 is 2.06 bits per heavy atom. The maximum Gasteiger partial charge on any atom is 0.407 e. The minimum absolute atomic E-state index is 0.0930. The van der Waals surface area contributed by atoms with Gasteiger partial charge in [-0.15, -0.1) is 0 Å². The average Bonchev–Trinajstić information content (AvgIpc) is 2.44. The van der Waals surface area contributed by atoms with Crippen LogP contribution in [-0.2, 0) is 9.53 Å². The third-order valence-electron chi connectivity index (χ3n) is 2.20. The predicted molar refractivity (Wildman–Crippen MR) is 59.5 cm³/mol. The first-order valence-electron chi connectivity index (χ1n) is 5.30. The second kappa shape index (κ2) is 4.75. The van der Waals surface area contributed by atoms with E-state index in [1.807, 2.05) is 0 Å². The molecule has 0 radical (unpaired) electrons. The third-order valence-corrected chi connectivity index (χ3v) is 2.20. The van der Waals surface area contributed by atoms with Crippen LogP contribution in [0.2, 0.25) is 0 Å². The maximum absolute atomic E-state index is 11.4. The van der Waals surface area contributed by atoms with Gasteiger partial charge >= 0.3 is 12.1 Å². The summed E-state index contributed by atoms with van der Waals surface area (Å²) in [4.78, 5) is 22.1. The van der Waals surface area contributed by atoms with Crippen molar-refractivity contribution in [1.29, 1.82) is 0 Å². The number of amides is 1. The highest BCUT2D eigenvalue weighted by Gasteiger charge is 2.31. The first-order chi connectivity index (χ1) is 7.69. The molecule has 0 saturated heterocycles. The highest BCUT2D eigenvalue weighted by Crippen LogP contribution is 2.20. The van der Waals surface area contributed by atoms with E-state index in [4.69, 9.17) is 9.84 Å². The van der Waals surface area contributed by atoms with Gasteiger partial charge in [-0.05, 0) is 26.8 Å². The van der Waals surface area contributed by atoms with Gasteiger partial charge in [-0.1, -0.05) is 0 Å². The number of carboxylic acid groups (broad SMARTS) is 1. The average molecular weight is 243 g/mol. The zero-order valence-corrected chi connectivity index (χ0v) is 10.1. The third kappa shape index (κ3) is 4.07. The SMILES string of the molecule is CC(C)(C)OC(=O)N[C@H]1CC(C(=O)O)=C[C@@H]1O. The summed E-state index contributed by atoms with van der Waals surface area (Å²) in [6.45, 7) is 5.16. The van der Waals surface area contributed by atoms with Crippen molar-refractivity contribution in [3.63, 3.8) is 0 Å². The van der Waals surface area contributed by atoms with Crippen LogP contribution in [-0.4, -0.2) is 40.0 Å². The Balaban J connectivity index is 2.51. The summed E-state index contributed by atoms with van der Waals surface area (Å²) in [5.41, 5.74) is -0.532. The van der Waals surface area contributed by atoms with Crippen LogP contribution in [0.25, 0.3) is 0 Å². The minimum Gasteiger partial charge on any atom is -0.478 e. The van der Waals surface area contributed by atoms with E-state index in [9.17, 15) is 14.7 Å². The fourth-order valence-corrected chi connectivity index (χ4v) is 1.50. The number of aliphatic hydroxyl groups excluding tert-OH is 1. The van der Waals surface area contributed by atoms with Gasteiger partial charge in [0.05, 0.1) is 12.1 Å². The van der Waals surface area contributed by atoms with E-state index < -0.39 is 29.8 Å². The molecule has 6 nitrogen and oxygen atoms in total. The molecule has 0 unspecified atom stereocenters. The molecule has 0 saturated carbocycles. The minimum atomic E-state index is -1.09. The summed E-state index contributed by atoms with van der Waals surface area (Å²) >= 11 is 0. The van der Waals surface area contributed by atoms with E-state index in [0.717, 1.165) is 0 Å². The molecule has 0 bridgehead atoms. The molecule has 1 amide bonds. The number of alkyl carbamates (subject to hydrolysis) is 1. The molecule has 96 valence electrons. The number of carbonyl (C=O) groups excluding carboxylic acids is 1. The van der Waals surface area contributed by atoms with Crippen LogP contribution in [0.5, 0.6) is 0 Å². The zero-order valence-electron chi connectivity index (χ0n) is 10.1. The van der Waals surface area contributed by atoms with E-state index in [1.54, 1.807) is 20.8 Å². The van der Waals surface area contributed by atoms with Crippen molar-refractivity contribution < 1.29 is 24.5 Å². The predicted octanol–water partition coefficient (Wildman–Crippen LogP) is 0.655. The molecule has 6 heteroatoms. The molecule has 0 aromatic rings. The van der Waals surface area contributed by atoms with Crippen molar-refractivity contribution in [3.8, 4) is 0 Å². The number of aliphatic carboxylic acids is 1. The fraction of sp³-hybridized carbons (Fsp3) is 0.636. The topological polar surface area (TPSA) is 95.9 Å². The van der Waals surface area contributed by atoms with Crippen molar-refractivity contribution in [3.05, 3.63) is 11.6 Å². The Morgan fingerprint density at radius 3 is 2.47 bits per heavy atom. The van der Waals surface area contributed by atoms with Crippen LogP contribution in [0.4, 0.5) is 4.79 Å². The van der Waals surface area contributed by atoms with Gasteiger partial charge in [-0.25, -0.2) is 9.59 Å². The molecule has 2 atom stereocenters. The lowest BCUT2D eigenvalue weighted by molar-refractivity contribution is -0.132. The Labute approximate surface area is 99.3 Å². The van der Waals surface area contributed by atoms with Crippen molar-refractivity contribution in [2.24, 2.45) is 0 Å². The fourth-order valence-electron chi connectivity index (χ4n) is 1.50. The molecule has 1 aliphatic carbocycles. The second-order valence-corrected chi connectivity index (χ2v) is 4.94. The summed E-state index contributed by atoms with van der Waals surface area (Å²) in [6.07, 6.45) is -0.338. The molecular weight excluding hydrogens is 226 g/mol. The van der Waals surface area contributed by atoms with Gasteiger partial charge in [0.25, 0.3) is 0 Å². The van der Waals surface area contributed by atoms with Gasteiger partial charge in [0, 0.05) is 12.0 Å². The Kier molecular flexibility index (Phi) is 3.77. The molecule has 0 aliphatic heterocycles. The van der Waals surface area contributed by atoms with Gasteiger partial charge < -0.3 is 20.3 Å². The summed E-state index contributed by atoms with van der Waals surface area (Å²) < 4.78 is 5.01. The quantitative estimate of drug-likeness (QED) is 0.662. The highest BCUT2D eigenvalue weighted by molar-refractivity contribution is 5.87. The molecule has 0 heterocycles. The van der Waals surface area contributed by atoms with Gasteiger partial charge in [0.1, 0.15) is 5.60 Å². The van der Waals surface area contributed by atoms with Crippen LogP contribution >= 0.6 is 0 Å². The van der Waals surface area contributed by atoms with Crippen LogP contribution in [0.1, 0.15) is 27.2 Å². The van der Waals surface area contributed by atoms with Crippen LogP contribution < -0.4 is 5.32 Å². The number of carbonyl (C=O) groups is 2. The van der Waals surface area contributed by atoms with Crippen LogP contribution in [0, 0.1) is 0 Å². The summed E-state index contributed by atoms with van der Waals surface area (Å²) in [5, 5.41) is 20.7. The Hall–Kier alpha value is -1.56. The van der Waals surface area contributed by atoms with Crippen LogP contribution in [0.15, 0.2) is 11.6 Å². The Morgan fingerprint density at radius 1 is 1.47 bits per heavy atom. The first kappa shape index (κ1) is 13.5. The maximum atomic E-state index is 11.4. The number of ether oxygens (including phenoxy) is 1. The Bertz CT molecular complexity index is 355. The monoisotopic (exact) mass is 243 g/mol. The van der Waals surface area contributed by atoms with E-state index in [2.05, 4.69) is 5.32 Å². The molecule has 0 aromatic carbocycles. The van der Waals surface area contributed by atoms with E-state index in [-0.39, 0.29) is 12.0 Å². The largest absolute Gasteiger partial charge is 0.478 e. The molecule has 1 aliphatic rings. The second-order valence-electron chi connectivity index (χ2n) is 4.94. The van der Waals surface area contributed by atoms with E-state index in [0.29, 0.717) is 0 Å². The smallest absolute Gasteiger partial charge is 0.407 e. The molecule has 17 heavy (non-hydrogen) atoms. The molecule has 1 rings (SSSR count). The van der Waals surface area contributed by atoms with Crippen molar-refractivity contribution in [2.75, 3.05) is 0 Å². The number of nitrogens with one attached hydrogen (secondary N) is 1.